The second-order valence-corrected chi connectivity index (χ2v) is 6.30. The van der Waals surface area contributed by atoms with Crippen molar-refractivity contribution in [2.24, 2.45) is 11.7 Å². The second-order valence-electron chi connectivity index (χ2n) is 6.30. The molecule has 2 aromatic carbocycles. The highest BCUT2D eigenvalue weighted by Crippen LogP contribution is 2.51. The number of hydrogen-bond acceptors (Lipinski definition) is 3. The second kappa shape index (κ2) is 7.37. The van der Waals surface area contributed by atoms with Gasteiger partial charge in [0.25, 0.3) is 0 Å². The van der Waals surface area contributed by atoms with Crippen molar-refractivity contribution in [3.8, 4) is 5.75 Å². The molecule has 1 aliphatic rings. The van der Waals surface area contributed by atoms with Crippen LogP contribution in [0.3, 0.4) is 0 Å². The molecule has 0 saturated heterocycles. The molecule has 1 aliphatic carbocycles. The molecule has 0 bridgehead atoms. The van der Waals surface area contributed by atoms with Gasteiger partial charge in [-0.05, 0) is 29.5 Å². The van der Waals surface area contributed by atoms with Crippen LogP contribution in [-0.4, -0.2) is 18.8 Å². The molecule has 3 unspecified atom stereocenters. The first-order valence-corrected chi connectivity index (χ1v) is 8.28. The Hall–Kier alpha value is -2.54. The maximum Gasteiger partial charge on any atom is 0.573 e. The average Bonchev–Trinajstić information content (AvgIpc) is 3.40. The van der Waals surface area contributed by atoms with Crippen molar-refractivity contribution in [3.63, 3.8) is 0 Å². The van der Waals surface area contributed by atoms with Crippen molar-refractivity contribution in [1.82, 2.24) is 5.32 Å². The topological polar surface area (TPSA) is 64.3 Å². The zero-order chi connectivity index (χ0) is 18.7. The van der Waals surface area contributed by atoms with Crippen molar-refractivity contribution in [1.29, 1.82) is 0 Å². The molecule has 0 aromatic heterocycles. The highest BCUT2D eigenvalue weighted by molar-refractivity contribution is 5.83. The summed E-state index contributed by atoms with van der Waals surface area (Å²) in [5.74, 6) is -1.10. The third kappa shape index (κ3) is 4.54. The van der Waals surface area contributed by atoms with E-state index < -0.39 is 6.36 Å². The van der Waals surface area contributed by atoms with Crippen LogP contribution in [0.5, 0.6) is 5.75 Å². The number of ether oxygens (including phenoxy) is 1. The number of nitrogens with two attached hydrogens (primary N) is 1. The summed E-state index contributed by atoms with van der Waals surface area (Å²) in [7, 11) is 0. The Bertz CT molecular complexity index is 765. The number of hydrogen-bond donors (Lipinski definition) is 2. The van der Waals surface area contributed by atoms with Gasteiger partial charge < -0.3 is 15.8 Å². The predicted molar refractivity (Wildman–Crippen MR) is 90.4 cm³/mol. The van der Waals surface area contributed by atoms with Crippen LogP contribution in [0.15, 0.2) is 54.6 Å². The summed E-state index contributed by atoms with van der Waals surface area (Å²) in [5, 5.41) is 2.78. The SMILES string of the molecule is NC(CNC(=O)C1CC1c1ccccc1OC(F)(F)F)c1ccccc1. The van der Waals surface area contributed by atoms with Crippen LogP contribution in [0.4, 0.5) is 13.2 Å². The molecule has 3 N–H and O–H groups in total. The lowest BCUT2D eigenvalue weighted by atomic mass is 10.1. The van der Waals surface area contributed by atoms with E-state index in [1.165, 1.54) is 12.1 Å². The zero-order valence-electron chi connectivity index (χ0n) is 13.9. The summed E-state index contributed by atoms with van der Waals surface area (Å²) in [5.41, 5.74) is 7.35. The Balaban J connectivity index is 1.58. The summed E-state index contributed by atoms with van der Waals surface area (Å²) >= 11 is 0. The number of amides is 1. The van der Waals surface area contributed by atoms with Gasteiger partial charge in [0.2, 0.25) is 5.91 Å². The highest BCUT2D eigenvalue weighted by atomic mass is 19.4. The number of nitrogens with one attached hydrogen (secondary N) is 1. The molecule has 7 heteroatoms. The Kier molecular flexibility index (Phi) is 5.18. The van der Waals surface area contributed by atoms with E-state index in [2.05, 4.69) is 10.1 Å². The van der Waals surface area contributed by atoms with Gasteiger partial charge in [-0.3, -0.25) is 4.79 Å². The largest absolute Gasteiger partial charge is 0.573 e. The monoisotopic (exact) mass is 364 g/mol. The van der Waals surface area contributed by atoms with Gasteiger partial charge in [-0.15, -0.1) is 13.2 Å². The first-order valence-electron chi connectivity index (χ1n) is 8.28. The van der Waals surface area contributed by atoms with Gasteiger partial charge in [0, 0.05) is 18.5 Å². The van der Waals surface area contributed by atoms with Gasteiger partial charge in [-0.2, -0.15) is 0 Å². The lowest BCUT2D eigenvalue weighted by molar-refractivity contribution is -0.274. The van der Waals surface area contributed by atoms with Crippen molar-refractivity contribution in [2.45, 2.75) is 24.7 Å². The minimum Gasteiger partial charge on any atom is -0.405 e. The van der Waals surface area contributed by atoms with E-state index in [0.29, 0.717) is 12.0 Å². The molecule has 0 heterocycles. The minimum absolute atomic E-state index is 0.205. The number of benzene rings is 2. The lowest BCUT2D eigenvalue weighted by Crippen LogP contribution is -2.33. The lowest BCUT2D eigenvalue weighted by Gasteiger charge is -2.14. The van der Waals surface area contributed by atoms with E-state index >= 15 is 0 Å². The van der Waals surface area contributed by atoms with Gasteiger partial charge >= 0.3 is 6.36 Å². The molecule has 0 aliphatic heterocycles. The first kappa shape index (κ1) is 18.3. The Labute approximate surface area is 149 Å². The highest BCUT2D eigenvalue weighted by Gasteiger charge is 2.46. The standard InChI is InChI=1S/C19H19F3N2O2/c20-19(21,22)26-17-9-5-4-8-13(17)14-10-15(14)18(25)24-11-16(23)12-6-2-1-3-7-12/h1-9,14-16H,10-11,23H2,(H,24,25). The molecule has 3 atom stereocenters. The molecule has 138 valence electrons. The average molecular weight is 364 g/mol. The fourth-order valence-electron chi connectivity index (χ4n) is 2.99. The maximum absolute atomic E-state index is 12.5. The molecular weight excluding hydrogens is 345 g/mol. The Morgan fingerprint density at radius 2 is 1.81 bits per heavy atom. The normalized spacial score (nSPS) is 20.3. The van der Waals surface area contributed by atoms with Gasteiger partial charge in [-0.25, -0.2) is 0 Å². The van der Waals surface area contributed by atoms with Gasteiger partial charge in [0.1, 0.15) is 5.75 Å². The van der Waals surface area contributed by atoms with Gasteiger partial charge in [-0.1, -0.05) is 48.5 Å². The maximum atomic E-state index is 12.5. The molecular formula is C19H19F3N2O2. The van der Waals surface area contributed by atoms with Crippen molar-refractivity contribution >= 4 is 5.91 Å². The van der Waals surface area contributed by atoms with Crippen LogP contribution in [-0.2, 0) is 4.79 Å². The van der Waals surface area contributed by atoms with E-state index in [-0.39, 0.29) is 36.1 Å². The molecule has 0 spiro atoms. The summed E-state index contributed by atoms with van der Waals surface area (Å²) in [6.07, 6.45) is -4.27. The minimum atomic E-state index is -4.76. The smallest absolute Gasteiger partial charge is 0.405 e. The van der Waals surface area contributed by atoms with Crippen molar-refractivity contribution < 1.29 is 22.7 Å². The predicted octanol–water partition coefficient (Wildman–Crippen LogP) is 3.50. The third-order valence-electron chi connectivity index (χ3n) is 4.40. The van der Waals surface area contributed by atoms with Crippen LogP contribution < -0.4 is 15.8 Å². The molecule has 3 rings (SSSR count). The van der Waals surface area contributed by atoms with Crippen molar-refractivity contribution in [3.05, 3.63) is 65.7 Å². The molecule has 1 fully saturated rings. The first-order chi connectivity index (χ1) is 12.3. The van der Waals surface area contributed by atoms with Crippen LogP contribution in [0.25, 0.3) is 0 Å². The number of halogens is 3. The molecule has 4 nitrogen and oxygen atoms in total. The van der Waals surface area contributed by atoms with E-state index in [0.717, 1.165) is 5.56 Å². The van der Waals surface area contributed by atoms with Gasteiger partial charge in [0.05, 0.1) is 0 Å². The van der Waals surface area contributed by atoms with E-state index in [1.807, 2.05) is 30.3 Å². The number of carbonyl (C=O) groups is 1. The quantitative estimate of drug-likeness (QED) is 0.825. The Morgan fingerprint density at radius 3 is 2.50 bits per heavy atom. The molecule has 0 radical (unpaired) electrons. The summed E-state index contributed by atoms with van der Waals surface area (Å²) in [6.45, 7) is 0.271. The van der Waals surface area contributed by atoms with E-state index in [1.54, 1.807) is 12.1 Å². The fraction of sp³-hybridized carbons (Fsp3) is 0.316. The van der Waals surface area contributed by atoms with Crippen LogP contribution in [0.2, 0.25) is 0 Å². The van der Waals surface area contributed by atoms with Gasteiger partial charge in [0.15, 0.2) is 0 Å². The summed E-state index contributed by atoms with van der Waals surface area (Å²) in [4.78, 5) is 12.3. The van der Waals surface area contributed by atoms with E-state index in [9.17, 15) is 18.0 Å². The Morgan fingerprint density at radius 1 is 1.15 bits per heavy atom. The third-order valence-corrected chi connectivity index (χ3v) is 4.40. The molecule has 1 amide bonds. The molecule has 26 heavy (non-hydrogen) atoms. The number of alkyl halides is 3. The number of carbonyl (C=O) groups excluding carboxylic acids is 1. The van der Waals surface area contributed by atoms with Crippen molar-refractivity contribution in [2.75, 3.05) is 6.54 Å². The van der Waals surface area contributed by atoms with Crippen LogP contribution >= 0.6 is 0 Å². The van der Waals surface area contributed by atoms with E-state index in [4.69, 9.17) is 5.73 Å². The number of rotatable bonds is 6. The molecule has 1 saturated carbocycles. The summed E-state index contributed by atoms with van der Waals surface area (Å²) in [6, 6.07) is 15.0. The molecule has 2 aromatic rings. The van der Waals surface area contributed by atoms with Crippen LogP contribution in [0, 0.1) is 5.92 Å². The summed E-state index contributed by atoms with van der Waals surface area (Å²) < 4.78 is 41.6. The zero-order valence-corrected chi connectivity index (χ0v) is 13.9. The van der Waals surface area contributed by atoms with Crippen LogP contribution in [0.1, 0.15) is 29.5 Å². The number of para-hydroxylation sites is 1. The fourth-order valence-corrected chi connectivity index (χ4v) is 2.99.